The van der Waals surface area contributed by atoms with Crippen molar-refractivity contribution in [2.24, 2.45) is 0 Å². The van der Waals surface area contributed by atoms with E-state index in [1.54, 1.807) is 42.5 Å². The van der Waals surface area contributed by atoms with Crippen molar-refractivity contribution in [3.05, 3.63) is 96.1 Å². The van der Waals surface area contributed by atoms with Gasteiger partial charge in [-0.3, -0.25) is 9.59 Å². The van der Waals surface area contributed by atoms with Crippen molar-refractivity contribution in [1.29, 1.82) is 0 Å². The Kier molecular flexibility index (Phi) is 5.64. The molecule has 0 aromatic heterocycles. The highest BCUT2D eigenvalue weighted by atomic mass is 16.6. The smallest absolute Gasteiger partial charge is 0.257 e. The number of fused-ring (bicyclic) bond motifs is 2. The minimum atomic E-state index is -0.326. The standard InChI is InChI=1S/C27H22N2O4/c30-26(16-19-8-5-7-18-6-1-2-9-21(18)19)29-23-11-4-3-10-22(23)27(31)28-20-12-13-24-25(17-20)33-15-14-32-24/h1-13,17H,14-16H2,(H,28,31)(H,29,30). The van der Waals surface area contributed by atoms with Crippen LogP contribution in [0.4, 0.5) is 11.4 Å². The van der Waals surface area contributed by atoms with Gasteiger partial charge < -0.3 is 20.1 Å². The van der Waals surface area contributed by atoms with Gasteiger partial charge in [0, 0.05) is 11.8 Å². The van der Waals surface area contributed by atoms with Crippen LogP contribution < -0.4 is 20.1 Å². The van der Waals surface area contributed by atoms with Gasteiger partial charge in [-0.15, -0.1) is 0 Å². The second-order valence-corrected chi connectivity index (χ2v) is 7.72. The van der Waals surface area contributed by atoms with Crippen molar-refractivity contribution >= 4 is 34.0 Å². The van der Waals surface area contributed by atoms with Crippen molar-refractivity contribution in [2.75, 3.05) is 23.8 Å². The summed E-state index contributed by atoms with van der Waals surface area (Å²) in [5.41, 5.74) is 2.35. The molecule has 1 heterocycles. The highest BCUT2D eigenvalue weighted by Gasteiger charge is 2.16. The van der Waals surface area contributed by atoms with Crippen LogP contribution in [0, 0.1) is 0 Å². The molecule has 0 unspecified atom stereocenters. The third-order valence-electron chi connectivity index (χ3n) is 5.48. The van der Waals surface area contributed by atoms with Crippen LogP contribution >= 0.6 is 0 Å². The lowest BCUT2D eigenvalue weighted by Gasteiger charge is -2.19. The molecule has 0 aliphatic carbocycles. The summed E-state index contributed by atoms with van der Waals surface area (Å²) < 4.78 is 11.1. The molecule has 4 aromatic rings. The molecule has 2 amide bonds. The van der Waals surface area contributed by atoms with E-state index >= 15 is 0 Å². The molecule has 0 atom stereocenters. The molecular weight excluding hydrogens is 416 g/mol. The molecule has 0 saturated heterocycles. The van der Waals surface area contributed by atoms with E-state index in [-0.39, 0.29) is 18.2 Å². The molecule has 33 heavy (non-hydrogen) atoms. The van der Waals surface area contributed by atoms with Crippen LogP contribution in [0.1, 0.15) is 15.9 Å². The van der Waals surface area contributed by atoms with E-state index in [2.05, 4.69) is 10.6 Å². The first-order chi connectivity index (χ1) is 16.2. The highest BCUT2D eigenvalue weighted by molar-refractivity contribution is 6.10. The van der Waals surface area contributed by atoms with Gasteiger partial charge in [-0.05, 0) is 40.6 Å². The van der Waals surface area contributed by atoms with Crippen LogP contribution in [0.5, 0.6) is 11.5 Å². The Hall–Kier alpha value is -4.32. The molecule has 6 heteroatoms. The second-order valence-electron chi connectivity index (χ2n) is 7.72. The van der Waals surface area contributed by atoms with Crippen LogP contribution in [0.25, 0.3) is 10.8 Å². The molecule has 0 fully saturated rings. The topological polar surface area (TPSA) is 76.7 Å². The SMILES string of the molecule is O=C(Cc1cccc2ccccc12)Nc1ccccc1C(=O)Nc1ccc2c(c1)OCCO2. The van der Waals surface area contributed by atoms with Gasteiger partial charge in [0.1, 0.15) is 13.2 Å². The Labute approximate surface area is 191 Å². The fourth-order valence-corrected chi connectivity index (χ4v) is 3.92. The van der Waals surface area contributed by atoms with Crippen LogP contribution in [0.3, 0.4) is 0 Å². The number of para-hydroxylation sites is 1. The van der Waals surface area contributed by atoms with Crippen molar-refractivity contribution < 1.29 is 19.1 Å². The quantitative estimate of drug-likeness (QED) is 0.457. The number of hydrogen-bond donors (Lipinski definition) is 2. The van der Waals surface area contributed by atoms with Crippen molar-refractivity contribution in [1.82, 2.24) is 0 Å². The van der Waals surface area contributed by atoms with Crippen LogP contribution in [-0.4, -0.2) is 25.0 Å². The number of anilines is 2. The zero-order valence-corrected chi connectivity index (χ0v) is 17.8. The number of ether oxygens (including phenoxy) is 2. The lowest BCUT2D eigenvalue weighted by Crippen LogP contribution is -2.20. The lowest BCUT2D eigenvalue weighted by atomic mass is 10.0. The van der Waals surface area contributed by atoms with Crippen LogP contribution in [-0.2, 0) is 11.2 Å². The number of rotatable bonds is 5. The maximum atomic E-state index is 13.0. The molecule has 0 bridgehead atoms. The van der Waals surface area contributed by atoms with E-state index in [9.17, 15) is 9.59 Å². The molecule has 1 aliphatic rings. The predicted molar refractivity (Wildman–Crippen MR) is 128 cm³/mol. The van der Waals surface area contributed by atoms with Gasteiger partial charge >= 0.3 is 0 Å². The second kappa shape index (κ2) is 9.04. The number of carbonyl (C=O) groups excluding carboxylic acids is 2. The van der Waals surface area contributed by atoms with Gasteiger partial charge in [-0.2, -0.15) is 0 Å². The summed E-state index contributed by atoms with van der Waals surface area (Å²) in [7, 11) is 0. The Morgan fingerprint density at radius 1 is 0.758 bits per heavy atom. The van der Waals surface area contributed by atoms with E-state index in [1.807, 2.05) is 42.5 Å². The first kappa shape index (κ1) is 20.6. The minimum Gasteiger partial charge on any atom is -0.486 e. The molecule has 164 valence electrons. The number of amides is 2. The number of nitrogens with one attached hydrogen (secondary N) is 2. The average Bonchev–Trinajstić information content (AvgIpc) is 2.84. The Morgan fingerprint density at radius 3 is 2.42 bits per heavy atom. The number of carbonyl (C=O) groups is 2. The third-order valence-corrected chi connectivity index (χ3v) is 5.48. The number of hydrogen-bond acceptors (Lipinski definition) is 4. The Bertz CT molecular complexity index is 1340. The third kappa shape index (κ3) is 4.50. The molecular formula is C27H22N2O4. The first-order valence-corrected chi connectivity index (χ1v) is 10.7. The molecule has 1 aliphatic heterocycles. The largest absolute Gasteiger partial charge is 0.486 e. The summed E-state index contributed by atoms with van der Waals surface area (Å²) >= 11 is 0. The molecule has 0 radical (unpaired) electrons. The maximum absolute atomic E-state index is 13.0. The molecule has 0 saturated carbocycles. The van der Waals surface area contributed by atoms with E-state index in [0.717, 1.165) is 16.3 Å². The monoisotopic (exact) mass is 438 g/mol. The normalized spacial score (nSPS) is 12.2. The number of benzene rings is 4. The van der Waals surface area contributed by atoms with Gasteiger partial charge in [-0.1, -0.05) is 54.6 Å². The lowest BCUT2D eigenvalue weighted by molar-refractivity contribution is -0.115. The van der Waals surface area contributed by atoms with Crippen LogP contribution in [0.2, 0.25) is 0 Å². The fraction of sp³-hybridized carbons (Fsp3) is 0.111. The summed E-state index contributed by atoms with van der Waals surface area (Å²) in [5, 5.41) is 7.89. The van der Waals surface area contributed by atoms with Crippen molar-refractivity contribution in [2.45, 2.75) is 6.42 Å². The summed E-state index contributed by atoms with van der Waals surface area (Å²) in [6, 6.07) is 26.1. The predicted octanol–water partition coefficient (Wildman–Crippen LogP) is 5.04. The van der Waals surface area contributed by atoms with Crippen molar-refractivity contribution in [3.63, 3.8) is 0 Å². The minimum absolute atomic E-state index is 0.189. The molecule has 5 rings (SSSR count). The zero-order chi connectivity index (χ0) is 22.6. The summed E-state index contributed by atoms with van der Waals surface area (Å²) in [6.07, 6.45) is 0.208. The Balaban J connectivity index is 1.32. The van der Waals surface area contributed by atoms with Gasteiger partial charge in [0.05, 0.1) is 17.7 Å². The van der Waals surface area contributed by atoms with Crippen LogP contribution in [0.15, 0.2) is 84.9 Å². The molecule has 6 nitrogen and oxygen atoms in total. The van der Waals surface area contributed by atoms with Gasteiger partial charge in [0.15, 0.2) is 11.5 Å². The summed E-state index contributed by atoms with van der Waals surface area (Å²) in [4.78, 5) is 25.8. The average molecular weight is 438 g/mol. The van der Waals surface area contributed by atoms with Gasteiger partial charge in [-0.25, -0.2) is 0 Å². The van der Waals surface area contributed by atoms with E-state index in [1.165, 1.54) is 0 Å². The van der Waals surface area contributed by atoms with E-state index < -0.39 is 0 Å². The maximum Gasteiger partial charge on any atom is 0.257 e. The fourth-order valence-electron chi connectivity index (χ4n) is 3.92. The zero-order valence-electron chi connectivity index (χ0n) is 17.8. The van der Waals surface area contributed by atoms with Gasteiger partial charge in [0.2, 0.25) is 5.91 Å². The van der Waals surface area contributed by atoms with E-state index in [4.69, 9.17) is 9.47 Å². The summed E-state index contributed by atoms with van der Waals surface area (Å²) in [6.45, 7) is 0.973. The molecule has 2 N–H and O–H groups in total. The highest BCUT2D eigenvalue weighted by Crippen LogP contribution is 2.33. The van der Waals surface area contributed by atoms with Gasteiger partial charge in [0.25, 0.3) is 5.91 Å². The van der Waals surface area contributed by atoms with Crippen molar-refractivity contribution in [3.8, 4) is 11.5 Å². The Morgan fingerprint density at radius 2 is 1.52 bits per heavy atom. The van der Waals surface area contributed by atoms with E-state index in [0.29, 0.717) is 41.7 Å². The molecule has 0 spiro atoms. The summed E-state index contributed by atoms with van der Waals surface area (Å²) in [5.74, 6) is 0.731. The molecule has 4 aromatic carbocycles. The first-order valence-electron chi connectivity index (χ1n) is 10.7.